The molecule has 27 heavy (non-hydrogen) atoms. The lowest BCUT2D eigenvalue weighted by atomic mass is 10.1. The third-order valence-corrected chi connectivity index (χ3v) is 5.87. The Balaban J connectivity index is 1.43. The molecule has 3 heterocycles. The van der Waals surface area contributed by atoms with E-state index in [1.165, 1.54) is 5.69 Å². The zero-order valence-corrected chi connectivity index (χ0v) is 16.3. The van der Waals surface area contributed by atoms with E-state index in [4.69, 9.17) is 4.74 Å². The summed E-state index contributed by atoms with van der Waals surface area (Å²) in [7, 11) is 0. The van der Waals surface area contributed by atoms with Crippen LogP contribution in [0.2, 0.25) is 0 Å². The number of ether oxygens (including phenoxy) is 1. The zero-order chi connectivity index (χ0) is 18.5. The molecule has 1 aromatic heterocycles. The van der Waals surface area contributed by atoms with Crippen LogP contribution in [0.3, 0.4) is 0 Å². The Bertz CT molecular complexity index is 692. The number of nitrogens with zero attached hydrogens (tertiary/aromatic N) is 5. The predicted molar refractivity (Wildman–Crippen MR) is 104 cm³/mol. The van der Waals surface area contributed by atoms with Crippen molar-refractivity contribution in [1.82, 2.24) is 20.2 Å². The summed E-state index contributed by atoms with van der Waals surface area (Å²) in [5, 5.41) is 12.7. The maximum absolute atomic E-state index is 5.80. The van der Waals surface area contributed by atoms with Crippen molar-refractivity contribution in [3.8, 4) is 0 Å². The third kappa shape index (κ3) is 4.30. The minimum atomic E-state index is 0.263. The minimum absolute atomic E-state index is 0.263. The van der Waals surface area contributed by atoms with Gasteiger partial charge in [-0.05, 0) is 35.4 Å². The Morgan fingerprint density at radius 1 is 1.22 bits per heavy atom. The first-order chi connectivity index (χ1) is 13.3. The van der Waals surface area contributed by atoms with Crippen molar-refractivity contribution in [3.63, 3.8) is 0 Å². The van der Waals surface area contributed by atoms with Gasteiger partial charge in [0.05, 0.1) is 38.8 Å². The molecule has 7 heteroatoms. The van der Waals surface area contributed by atoms with E-state index in [1.807, 2.05) is 4.68 Å². The fourth-order valence-electron chi connectivity index (χ4n) is 4.42. The second-order valence-corrected chi connectivity index (χ2v) is 7.68. The minimum Gasteiger partial charge on any atom is -0.376 e. The lowest BCUT2D eigenvalue weighted by Crippen LogP contribution is -3.15. The maximum atomic E-state index is 5.80. The van der Waals surface area contributed by atoms with E-state index in [0.717, 1.165) is 70.8 Å². The Labute approximate surface area is 161 Å². The van der Waals surface area contributed by atoms with Crippen LogP contribution < -0.4 is 9.80 Å². The van der Waals surface area contributed by atoms with Gasteiger partial charge in [0.1, 0.15) is 6.04 Å². The van der Waals surface area contributed by atoms with Crippen LogP contribution in [-0.2, 0) is 11.3 Å². The molecule has 2 aliphatic heterocycles. The second-order valence-electron chi connectivity index (χ2n) is 7.68. The highest BCUT2D eigenvalue weighted by Gasteiger charge is 2.33. The first-order valence-corrected chi connectivity index (χ1v) is 10.4. The molecule has 0 aliphatic carbocycles. The molecule has 2 atom stereocenters. The number of anilines is 1. The van der Waals surface area contributed by atoms with Crippen molar-refractivity contribution in [2.75, 3.05) is 37.7 Å². The Morgan fingerprint density at radius 2 is 2.04 bits per heavy atom. The smallest absolute Gasteiger partial charge is 0.209 e. The molecule has 1 N–H and O–H groups in total. The molecule has 2 fully saturated rings. The molecule has 0 saturated carbocycles. The number of hydrogen-bond donors (Lipinski definition) is 1. The summed E-state index contributed by atoms with van der Waals surface area (Å²) in [6.45, 7) is 8.29. The molecule has 146 valence electrons. The summed E-state index contributed by atoms with van der Waals surface area (Å²) in [5.74, 6) is 1.04. The van der Waals surface area contributed by atoms with Gasteiger partial charge in [-0.15, -0.1) is 5.10 Å². The van der Waals surface area contributed by atoms with Gasteiger partial charge >= 0.3 is 0 Å². The summed E-state index contributed by atoms with van der Waals surface area (Å²) < 4.78 is 7.81. The van der Waals surface area contributed by atoms with Crippen LogP contribution in [0.1, 0.15) is 44.5 Å². The van der Waals surface area contributed by atoms with Gasteiger partial charge in [-0.25, -0.2) is 4.68 Å². The average Bonchev–Trinajstić information content (AvgIpc) is 3.40. The van der Waals surface area contributed by atoms with Gasteiger partial charge in [-0.1, -0.05) is 31.5 Å². The van der Waals surface area contributed by atoms with Crippen LogP contribution in [-0.4, -0.2) is 59.1 Å². The molecule has 1 aromatic carbocycles. The molecule has 0 radical (unpaired) electrons. The van der Waals surface area contributed by atoms with Gasteiger partial charge in [-0.3, -0.25) is 0 Å². The normalized spacial score (nSPS) is 22.3. The summed E-state index contributed by atoms with van der Waals surface area (Å²) in [6, 6.07) is 11.1. The van der Waals surface area contributed by atoms with Crippen molar-refractivity contribution in [1.29, 1.82) is 0 Å². The van der Waals surface area contributed by atoms with Crippen LogP contribution in [0, 0.1) is 0 Å². The first kappa shape index (κ1) is 18.4. The van der Waals surface area contributed by atoms with E-state index in [2.05, 4.69) is 57.7 Å². The number of benzene rings is 1. The van der Waals surface area contributed by atoms with Gasteiger partial charge in [-0.2, -0.15) is 0 Å². The molecular weight excluding hydrogens is 340 g/mol. The van der Waals surface area contributed by atoms with Crippen molar-refractivity contribution in [2.45, 2.75) is 51.3 Å². The van der Waals surface area contributed by atoms with Crippen molar-refractivity contribution in [2.24, 2.45) is 0 Å². The van der Waals surface area contributed by atoms with E-state index in [9.17, 15) is 0 Å². The second kappa shape index (κ2) is 8.80. The van der Waals surface area contributed by atoms with Crippen molar-refractivity contribution in [3.05, 3.63) is 36.2 Å². The lowest BCUT2D eigenvalue weighted by molar-refractivity contribution is -0.933. The molecule has 2 saturated heterocycles. The summed E-state index contributed by atoms with van der Waals surface area (Å²) >= 11 is 0. The van der Waals surface area contributed by atoms with Crippen LogP contribution in [0.4, 0.5) is 5.69 Å². The molecule has 0 unspecified atom stereocenters. The van der Waals surface area contributed by atoms with Gasteiger partial charge in [0, 0.05) is 18.7 Å². The van der Waals surface area contributed by atoms with E-state index >= 15 is 0 Å². The van der Waals surface area contributed by atoms with Crippen LogP contribution in [0.15, 0.2) is 30.3 Å². The topological polar surface area (TPSA) is 60.5 Å². The number of para-hydroxylation sites is 1. The predicted octanol–water partition coefficient (Wildman–Crippen LogP) is 1.10. The number of piperazine rings is 1. The number of aromatic nitrogens is 4. The molecule has 4 rings (SSSR count). The van der Waals surface area contributed by atoms with Crippen molar-refractivity contribution >= 4 is 5.69 Å². The maximum Gasteiger partial charge on any atom is 0.209 e. The van der Waals surface area contributed by atoms with Crippen LogP contribution in [0.25, 0.3) is 0 Å². The highest BCUT2D eigenvalue weighted by molar-refractivity contribution is 5.46. The van der Waals surface area contributed by atoms with E-state index in [1.54, 1.807) is 4.90 Å². The van der Waals surface area contributed by atoms with Gasteiger partial charge in [0.2, 0.25) is 5.82 Å². The quantitative estimate of drug-likeness (QED) is 0.790. The zero-order valence-electron chi connectivity index (χ0n) is 16.3. The Hall–Kier alpha value is -1.99. The largest absolute Gasteiger partial charge is 0.376 e. The molecule has 0 bridgehead atoms. The summed E-state index contributed by atoms with van der Waals surface area (Å²) in [6.07, 6.45) is 4.78. The third-order valence-electron chi connectivity index (χ3n) is 5.87. The van der Waals surface area contributed by atoms with Gasteiger partial charge < -0.3 is 14.5 Å². The standard InChI is InChI=1S/C20H30N6O/c1-2-7-19(20-21-22-23-26(20)16-18-10-6-15-27-18)25-13-11-24(12-14-25)17-8-4-3-5-9-17/h3-5,8-9,18-19H,2,6-7,10-16H2,1H3/p+1/t18-,19-/m0/s1. The monoisotopic (exact) mass is 371 g/mol. The van der Waals surface area contributed by atoms with E-state index < -0.39 is 0 Å². The van der Waals surface area contributed by atoms with Gasteiger partial charge in [0.25, 0.3) is 0 Å². The Kier molecular flexibility index (Phi) is 5.99. The van der Waals surface area contributed by atoms with Crippen LogP contribution in [0.5, 0.6) is 0 Å². The highest BCUT2D eigenvalue weighted by atomic mass is 16.5. The van der Waals surface area contributed by atoms with Crippen molar-refractivity contribution < 1.29 is 9.64 Å². The fourth-order valence-corrected chi connectivity index (χ4v) is 4.42. The van der Waals surface area contributed by atoms with E-state index in [-0.39, 0.29) is 6.10 Å². The Morgan fingerprint density at radius 3 is 2.74 bits per heavy atom. The average molecular weight is 372 g/mol. The van der Waals surface area contributed by atoms with E-state index in [0.29, 0.717) is 6.04 Å². The SMILES string of the molecule is CCC[C@@H](c1nnnn1C[C@@H]1CCCO1)[NH+]1CCN(c2ccccc2)CC1. The molecule has 0 amide bonds. The molecule has 2 aromatic rings. The number of rotatable bonds is 7. The molecule has 0 spiro atoms. The summed E-state index contributed by atoms with van der Waals surface area (Å²) in [5.41, 5.74) is 1.33. The number of hydrogen-bond acceptors (Lipinski definition) is 5. The lowest BCUT2D eigenvalue weighted by Gasteiger charge is -2.37. The van der Waals surface area contributed by atoms with Crippen LogP contribution >= 0.6 is 0 Å². The number of quaternary nitrogens is 1. The van der Waals surface area contributed by atoms with Gasteiger partial charge in [0.15, 0.2) is 0 Å². The fraction of sp³-hybridized carbons (Fsp3) is 0.650. The summed E-state index contributed by atoms with van der Waals surface area (Å²) in [4.78, 5) is 4.09. The highest BCUT2D eigenvalue weighted by Crippen LogP contribution is 2.18. The molecule has 2 aliphatic rings. The molecule has 7 nitrogen and oxygen atoms in total. The first-order valence-electron chi connectivity index (χ1n) is 10.4. The molecular formula is C20H31N6O+. The number of nitrogens with one attached hydrogen (secondary N) is 1. The number of tetrazole rings is 1.